The molecular weight excluding hydrogens is 1100 g/mol. The fourth-order valence-electron chi connectivity index (χ4n) is 6.57. The Morgan fingerprint density at radius 2 is 1.12 bits per heavy atom. The van der Waals surface area contributed by atoms with Gasteiger partial charge in [-0.05, 0) is 76.1 Å². The molecule has 7 atom stereocenters. The van der Waals surface area contributed by atoms with Crippen LogP contribution in [0.3, 0.4) is 0 Å². The fraction of sp³-hybridized carbons (Fsp3) is 0.519. The van der Waals surface area contributed by atoms with Gasteiger partial charge in [0.25, 0.3) is 5.56 Å². The number of carbonyl (C=O) groups excluding carboxylic acids is 2. The van der Waals surface area contributed by atoms with Crippen molar-refractivity contribution in [3.8, 4) is 5.75 Å². The van der Waals surface area contributed by atoms with Crippen LogP contribution in [0, 0.1) is 72.4 Å². The number of ether oxygens (including phenoxy) is 3. The molecule has 0 radical (unpaired) electrons. The quantitative estimate of drug-likeness (QED) is 0.0168. The second-order valence-electron chi connectivity index (χ2n) is 18.5. The third-order valence-electron chi connectivity index (χ3n) is 10.5. The zero-order valence-electron chi connectivity index (χ0n) is 46.0. The molecule has 4 aromatic rings. The van der Waals surface area contributed by atoms with Crippen molar-refractivity contribution in [2.75, 3.05) is 18.9 Å². The van der Waals surface area contributed by atoms with Gasteiger partial charge in [-0.2, -0.15) is 33.9 Å². The van der Waals surface area contributed by atoms with E-state index in [0.29, 0.717) is 12.0 Å². The van der Waals surface area contributed by atoms with Crippen LogP contribution in [-0.4, -0.2) is 81.8 Å². The summed E-state index contributed by atoms with van der Waals surface area (Å²) in [6.07, 6.45) is -2.05. The molecule has 1 saturated heterocycles. The van der Waals surface area contributed by atoms with E-state index >= 15 is 0 Å². The number of nitrogens with zero attached hydrogens (tertiary/aromatic N) is 1. The third kappa shape index (κ3) is 23.3. The second-order valence-corrected chi connectivity index (χ2v) is 22.7. The van der Waals surface area contributed by atoms with E-state index in [4.69, 9.17) is 32.3 Å². The molecular formula is C52H71ClF6MgN2O13P2. The van der Waals surface area contributed by atoms with Crippen LogP contribution in [0.5, 0.6) is 5.75 Å². The molecule has 428 valence electrons. The number of hydrogen-bond acceptors (Lipinski definition) is 13. The Labute approximate surface area is 469 Å². The fourth-order valence-corrected chi connectivity index (χ4v) is 10.2. The van der Waals surface area contributed by atoms with Crippen molar-refractivity contribution < 1.29 is 89.8 Å². The number of H-pyrrole nitrogens is 1. The van der Waals surface area contributed by atoms with Crippen LogP contribution < -0.4 is 28.2 Å². The van der Waals surface area contributed by atoms with Crippen LogP contribution in [0.2, 0.25) is 0 Å². The minimum atomic E-state index is -4.63. The summed E-state index contributed by atoms with van der Waals surface area (Å²) in [5.74, 6) is -16.3. The van der Waals surface area contributed by atoms with Gasteiger partial charge in [-0.1, -0.05) is 83.1 Å². The first-order chi connectivity index (χ1) is 35.0. The molecule has 0 spiro atoms. The van der Waals surface area contributed by atoms with Crippen LogP contribution >= 0.6 is 15.2 Å². The molecule has 77 heavy (non-hydrogen) atoms. The minimum absolute atomic E-state index is 0. The molecule has 1 aromatic heterocycles. The molecule has 1 aliphatic rings. The van der Waals surface area contributed by atoms with Gasteiger partial charge in [-0.25, -0.2) is 22.5 Å². The summed E-state index contributed by atoms with van der Waals surface area (Å²) >= 11 is 0. The predicted molar refractivity (Wildman–Crippen MR) is 277 cm³/mol. The largest absolute Gasteiger partial charge is 2.00 e. The van der Waals surface area contributed by atoms with E-state index in [1.54, 1.807) is 65.8 Å². The van der Waals surface area contributed by atoms with Crippen LogP contribution in [0.15, 0.2) is 64.3 Å². The summed E-state index contributed by atoms with van der Waals surface area (Å²) in [4.78, 5) is 49.9. The SMILES string of the molecule is CC.C[C-](C)C.Cc1ccccc1CO[P@@](=O)(C[C@H](C)C(=O)OC(C)C)Oc1c(F)c(F)c(F)c(F)c1F.Cc1ccccc1CO[P@](=O)(C[C@H](C)C(=O)OC(C)C)OCC1OC(n2cc(F)c(=O)[nH]c2=O)CC1C.[Cl-].[Mg+2]. The van der Waals surface area contributed by atoms with E-state index in [9.17, 15) is 54.7 Å². The molecule has 1 aliphatic heterocycles. The zero-order chi connectivity index (χ0) is 57.1. The van der Waals surface area contributed by atoms with Gasteiger partial charge in [0.05, 0.1) is 68.5 Å². The Morgan fingerprint density at radius 3 is 1.55 bits per heavy atom. The third-order valence-corrected chi connectivity index (χ3v) is 14.5. The topological polar surface area (TPSA) is 188 Å². The zero-order valence-corrected chi connectivity index (χ0v) is 49.9. The molecule has 25 heteroatoms. The number of esters is 2. The van der Waals surface area contributed by atoms with E-state index in [1.807, 2.05) is 56.9 Å². The van der Waals surface area contributed by atoms with Crippen LogP contribution in [0.25, 0.3) is 0 Å². The van der Waals surface area contributed by atoms with Crippen molar-refractivity contribution in [1.29, 1.82) is 0 Å². The summed E-state index contributed by atoms with van der Waals surface area (Å²) in [7, 11) is -8.43. The standard InChI is InChI=1S/C25H34FN2O8P.C21H22F5O5P.C4H9.C2H6.ClH.Mg/c1-15(2)35-24(30)18(5)14-37(32,33-12-19-9-7-6-8-16(19)3)34-13-21-17(4)10-22(36-21)28-11-20(26)23(29)27-25(28)31;1-11(2)30-21(27)13(4)10-32(28,29-9-14-8-6-5-7-12(14)3)31-20-18(25)16(23)15(22)17(24)19(20)26;1-4(2)3;1-2;;/h6-9,11,15,17-18,21-22H,10,12-14H2,1-5H3,(H,27,29,31);5-8,11,13H,9-10H2,1-4H3;1-3H3;1-2H3;1H;/q;;-1;;;+2/p-1/t17?,18-,21?,22?,37+;13-,32-;;;;/m00..../s1. The Hall–Kier alpha value is -3.98. The number of nitrogens with one attached hydrogen (secondary N) is 1. The molecule has 3 unspecified atom stereocenters. The first-order valence-corrected chi connectivity index (χ1v) is 27.7. The molecule has 1 N–H and O–H groups in total. The van der Waals surface area contributed by atoms with E-state index in [1.165, 1.54) is 12.8 Å². The maximum Gasteiger partial charge on any atom is 2.00 e. The van der Waals surface area contributed by atoms with Crippen molar-refractivity contribution in [2.24, 2.45) is 17.8 Å². The molecule has 0 aliphatic carbocycles. The number of rotatable bonds is 20. The number of benzene rings is 3. The van der Waals surface area contributed by atoms with Crippen molar-refractivity contribution in [3.05, 3.63) is 139 Å². The Morgan fingerprint density at radius 1 is 0.714 bits per heavy atom. The first kappa shape index (κ1) is 73.0. The number of hydrogen-bond donors (Lipinski definition) is 1. The van der Waals surface area contributed by atoms with Crippen molar-refractivity contribution in [3.63, 3.8) is 0 Å². The number of aryl methyl sites for hydroxylation is 2. The Balaban J connectivity index is 0.00000134. The molecule has 1 fully saturated rings. The van der Waals surface area contributed by atoms with Crippen molar-refractivity contribution in [2.45, 2.75) is 141 Å². The van der Waals surface area contributed by atoms with Crippen LogP contribution in [-0.2, 0) is 59.7 Å². The van der Waals surface area contributed by atoms with Crippen LogP contribution in [0.1, 0.15) is 118 Å². The molecule has 15 nitrogen and oxygen atoms in total. The monoisotopic (exact) mass is 1170 g/mol. The molecule has 0 amide bonds. The maximum atomic E-state index is 14.1. The van der Waals surface area contributed by atoms with Gasteiger partial charge in [-0.3, -0.25) is 33.0 Å². The molecule has 5 rings (SSSR count). The summed E-state index contributed by atoms with van der Waals surface area (Å²) in [6, 6.07) is 14.2. The Kier molecular flexibility index (Phi) is 32.5. The Bertz CT molecular complexity index is 2700. The number of halogens is 7. The average molecular weight is 1170 g/mol. The van der Waals surface area contributed by atoms with Gasteiger partial charge >= 0.3 is 55.9 Å². The minimum Gasteiger partial charge on any atom is -1.00 e. The molecule has 0 bridgehead atoms. The number of aromatic nitrogens is 2. The predicted octanol–water partition coefficient (Wildman–Crippen LogP) is 9.26. The van der Waals surface area contributed by atoms with E-state index in [2.05, 4.69) is 20.8 Å². The van der Waals surface area contributed by atoms with E-state index < -0.39 is 115 Å². The number of carbonyl (C=O) groups is 2. The number of aromatic amines is 1. The van der Waals surface area contributed by atoms with Crippen molar-refractivity contribution in [1.82, 2.24) is 9.55 Å². The summed E-state index contributed by atoms with van der Waals surface area (Å²) in [6.45, 7) is 24.7. The van der Waals surface area contributed by atoms with Gasteiger partial charge in [0.15, 0.2) is 0 Å². The normalized spacial score (nSPS) is 17.1. The maximum absolute atomic E-state index is 14.1. The summed E-state index contributed by atoms with van der Waals surface area (Å²) < 4.78 is 148. The van der Waals surface area contributed by atoms with Crippen LogP contribution in [0.4, 0.5) is 26.3 Å². The average Bonchev–Trinajstić information content (AvgIpc) is 3.71. The second kappa shape index (κ2) is 34.2. The van der Waals surface area contributed by atoms with Gasteiger partial charge in [0.2, 0.25) is 40.7 Å². The summed E-state index contributed by atoms with van der Waals surface area (Å²) in [5, 5.41) is 0. The molecule has 3 aromatic carbocycles. The van der Waals surface area contributed by atoms with Gasteiger partial charge in [-0.15, -0.1) is 0 Å². The van der Waals surface area contributed by atoms with E-state index in [-0.39, 0.29) is 73.5 Å². The first-order valence-electron chi connectivity index (χ1n) is 24.2. The van der Waals surface area contributed by atoms with Gasteiger partial charge in [0, 0.05) is 0 Å². The molecule has 2 heterocycles. The summed E-state index contributed by atoms with van der Waals surface area (Å²) in [5.41, 5.74) is 1.14. The smallest absolute Gasteiger partial charge is 1.00 e. The van der Waals surface area contributed by atoms with E-state index in [0.717, 1.165) is 27.5 Å². The van der Waals surface area contributed by atoms with Gasteiger partial charge in [0.1, 0.15) is 6.23 Å². The van der Waals surface area contributed by atoms with Crippen molar-refractivity contribution >= 4 is 50.2 Å². The van der Waals surface area contributed by atoms with Gasteiger partial charge < -0.3 is 46.1 Å². The molecule has 0 saturated carbocycles.